The highest BCUT2D eigenvalue weighted by atomic mass is 16.5. The fraction of sp³-hybridized carbons (Fsp3) is 0.476. The lowest BCUT2D eigenvalue weighted by Crippen LogP contribution is -2.38. The molecule has 1 N–H and O–H groups in total. The highest BCUT2D eigenvalue weighted by Gasteiger charge is 2.19. The van der Waals surface area contributed by atoms with E-state index in [1.165, 1.54) is 0 Å². The van der Waals surface area contributed by atoms with Crippen molar-refractivity contribution in [2.24, 2.45) is 0 Å². The van der Waals surface area contributed by atoms with Gasteiger partial charge in [-0.3, -0.25) is 9.59 Å². The molecule has 0 saturated heterocycles. The van der Waals surface area contributed by atoms with Crippen LogP contribution < -0.4 is 10.1 Å². The van der Waals surface area contributed by atoms with Crippen molar-refractivity contribution < 1.29 is 18.8 Å². The van der Waals surface area contributed by atoms with Crippen molar-refractivity contribution in [3.05, 3.63) is 41.7 Å². The van der Waals surface area contributed by atoms with E-state index in [2.05, 4.69) is 17.4 Å². The van der Waals surface area contributed by atoms with E-state index in [1.54, 1.807) is 42.2 Å². The van der Waals surface area contributed by atoms with Crippen LogP contribution in [0, 0.1) is 6.92 Å². The molecule has 0 aliphatic heterocycles. The average molecular weight is 387 g/mol. The summed E-state index contributed by atoms with van der Waals surface area (Å²) in [6.45, 7) is 7.03. The molecule has 2 amide bonds. The number of benzene rings is 1. The van der Waals surface area contributed by atoms with Crippen LogP contribution in [0.15, 0.2) is 34.9 Å². The first kappa shape index (κ1) is 21.5. The number of hydrogen-bond donors (Lipinski definition) is 1. The molecule has 1 heterocycles. The first-order valence-corrected chi connectivity index (χ1v) is 9.78. The van der Waals surface area contributed by atoms with Gasteiger partial charge in [0.2, 0.25) is 5.91 Å². The van der Waals surface area contributed by atoms with Crippen molar-refractivity contribution in [2.75, 3.05) is 25.0 Å². The zero-order chi connectivity index (χ0) is 20.4. The van der Waals surface area contributed by atoms with Gasteiger partial charge >= 0.3 is 0 Å². The summed E-state index contributed by atoms with van der Waals surface area (Å²) in [6, 6.07) is 8.69. The van der Waals surface area contributed by atoms with E-state index in [0.29, 0.717) is 30.3 Å². The Bertz CT molecular complexity index is 755. The normalized spacial score (nSPS) is 10.5. The van der Waals surface area contributed by atoms with E-state index in [-0.39, 0.29) is 18.4 Å². The van der Waals surface area contributed by atoms with Crippen LogP contribution in [0.3, 0.4) is 0 Å². The zero-order valence-corrected chi connectivity index (χ0v) is 16.9. The molecular formula is C21H29N3O4. The van der Waals surface area contributed by atoms with Crippen molar-refractivity contribution in [2.45, 2.75) is 46.5 Å². The number of aryl methyl sites for hydroxylation is 1. The molecule has 0 bridgehead atoms. The molecule has 7 heteroatoms. The third kappa shape index (κ3) is 6.72. The number of carbonyl (C=O) groups is 2. The van der Waals surface area contributed by atoms with Crippen molar-refractivity contribution >= 4 is 17.6 Å². The van der Waals surface area contributed by atoms with Gasteiger partial charge in [0.05, 0.1) is 6.61 Å². The Labute approximate surface area is 166 Å². The predicted octanol–water partition coefficient (Wildman–Crippen LogP) is 4.04. The van der Waals surface area contributed by atoms with Gasteiger partial charge in [0.1, 0.15) is 18.1 Å². The van der Waals surface area contributed by atoms with Gasteiger partial charge in [-0.2, -0.15) is 0 Å². The minimum absolute atomic E-state index is 0.0422. The van der Waals surface area contributed by atoms with Crippen LogP contribution in [-0.4, -0.2) is 41.6 Å². The smallest absolute Gasteiger partial charge is 0.254 e. The minimum Gasteiger partial charge on any atom is -0.494 e. The summed E-state index contributed by atoms with van der Waals surface area (Å²) < 4.78 is 10.6. The van der Waals surface area contributed by atoms with Gasteiger partial charge in [0.15, 0.2) is 5.82 Å². The second-order valence-electron chi connectivity index (χ2n) is 6.68. The zero-order valence-electron chi connectivity index (χ0n) is 16.9. The van der Waals surface area contributed by atoms with Crippen LogP contribution in [0.5, 0.6) is 5.75 Å². The van der Waals surface area contributed by atoms with Gasteiger partial charge in [-0.25, -0.2) is 0 Å². The number of hydrogen-bond acceptors (Lipinski definition) is 5. The maximum Gasteiger partial charge on any atom is 0.254 e. The van der Waals surface area contributed by atoms with E-state index < -0.39 is 0 Å². The number of ether oxygens (including phenoxy) is 1. The van der Waals surface area contributed by atoms with Gasteiger partial charge in [-0.1, -0.05) is 31.8 Å². The maximum atomic E-state index is 12.9. The van der Waals surface area contributed by atoms with Gasteiger partial charge < -0.3 is 19.5 Å². The lowest BCUT2D eigenvalue weighted by atomic mass is 10.1. The van der Waals surface area contributed by atoms with Crippen molar-refractivity contribution in [3.8, 4) is 5.75 Å². The van der Waals surface area contributed by atoms with Crippen LogP contribution in [0.25, 0.3) is 0 Å². The molecule has 0 aliphatic carbocycles. The lowest BCUT2D eigenvalue weighted by Gasteiger charge is -2.22. The van der Waals surface area contributed by atoms with Crippen molar-refractivity contribution in [1.29, 1.82) is 0 Å². The Morgan fingerprint density at radius 2 is 1.86 bits per heavy atom. The topological polar surface area (TPSA) is 84.7 Å². The predicted molar refractivity (Wildman–Crippen MR) is 108 cm³/mol. The van der Waals surface area contributed by atoms with E-state index in [4.69, 9.17) is 9.26 Å². The summed E-state index contributed by atoms with van der Waals surface area (Å²) in [6.07, 6.45) is 3.81. The summed E-state index contributed by atoms with van der Waals surface area (Å²) >= 11 is 0. The first-order chi connectivity index (χ1) is 13.5. The molecule has 1 aromatic carbocycles. The third-order valence-corrected chi connectivity index (χ3v) is 4.17. The number of amides is 2. The van der Waals surface area contributed by atoms with Crippen LogP contribution in [0.1, 0.15) is 55.6 Å². The summed E-state index contributed by atoms with van der Waals surface area (Å²) in [5, 5.41) is 6.40. The molecule has 28 heavy (non-hydrogen) atoms. The molecule has 2 rings (SSSR count). The van der Waals surface area contributed by atoms with Gasteiger partial charge in [-0.05, 0) is 44.0 Å². The molecule has 0 spiro atoms. The summed E-state index contributed by atoms with van der Waals surface area (Å²) in [7, 11) is 0. The molecule has 152 valence electrons. The molecule has 1 aromatic heterocycles. The number of unbranched alkanes of at least 4 members (excludes halogenated alkanes) is 2. The maximum absolute atomic E-state index is 12.9. The standard InChI is InChI=1S/C21H29N3O4/c1-4-6-12-24(15-20(25)22-19-14-16(3)28-23-19)21(26)17-8-10-18(11-9-17)27-13-7-5-2/h8-11,14H,4-7,12-13,15H2,1-3H3,(H,22,23,25). The van der Waals surface area contributed by atoms with Crippen LogP contribution in [0.2, 0.25) is 0 Å². The van der Waals surface area contributed by atoms with E-state index in [0.717, 1.165) is 31.4 Å². The monoisotopic (exact) mass is 387 g/mol. The number of rotatable bonds is 11. The number of nitrogens with zero attached hydrogens (tertiary/aromatic N) is 2. The molecule has 2 aromatic rings. The number of anilines is 1. The number of nitrogens with one attached hydrogen (secondary N) is 1. The van der Waals surface area contributed by atoms with E-state index >= 15 is 0 Å². The number of aromatic nitrogens is 1. The summed E-state index contributed by atoms with van der Waals surface area (Å²) in [5.74, 6) is 1.20. The summed E-state index contributed by atoms with van der Waals surface area (Å²) in [5.41, 5.74) is 0.532. The molecule has 0 unspecified atom stereocenters. The lowest BCUT2D eigenvalue weighted by molar-refractivity contribution is -0.117. The Morgan fingerprint density at radius 1 is 1.14 bits per heavy atom. The van der Waals surface area contributed by atoms with E-state index in [9.17, 15) is 9.59 Å². The summed E-state index contributed by atoms with van der Waals surface area (Å²) in [4.78, 5) is 26.8. The molecule has 0 radical (unpaired) electrons. The second kappa shape index (κ2) is 11.1. The molecule has 7 nitrogen and oxygen atoms in total. The Balaban J connectivity index is 2.00. The van der Waals surface area contributed by atoms with Gasteiger partial charge in [0, 0.05) is 18.2 Å². The SMILES string of the molecule is CCCCOc1ccc(C(=O)N(CCCC)CC(=O)Nc2cc(C)on2)cc1. The third-order valence-electron chi connectivity index (χ3n) is 4.17. The number of carbonyl (C=O) groups excluding carboxylic acids is 2. The average Bonchev–Trinajstić information content (AvgIpc) is 3.09. The minimum atomic E-state index is -0.308. The van der Waals surface area contributed by atoms with Gasteiger partial charge in [-0.15, -0.1) is 0 Å². The molecular weight excluding hydrogens is 358 g/mol. The highest BCUT2D eigenvalue weighted by molar-refractivity contribution is 5.99. The first-order valence-electron chi connectivity index (χ1n) is 9.78. The molecule has 0 fully saturated rings. The quantitative estimate of drug-likeness (QED) is 0.588. The Kier molecular flexibility index (Phi) is 8.52. The Hall–Kier alpha value is -2.83. The van der Waals surface area contributed by atoms with Crippen LogP contribution in [-0.2, 0) is 4.79 Å². The largest absolute Gasteiger partial charge is 0.494 e. The fourth-order valence-corrected chi connectivity index (χ4v) is 2.59. The van der Waals surface area contributed by atoms with Crippen LogP contribution in [0.4, 0.5) is 5.82 Å². The van der Waals surface area contributed by atoms with Crippen molar-refractivity contribution in [1.82, 2.24) is 10.1 Å². The van der Waals surface area contributed by atoms with Crippen LogP contribution >= 0.6 is 0 Å². The molecule has 0 aliphatic rings. The molecule has 0 saturated carbocycles. The van der Waals surface area contributed by atoms with E-state index in [1.807, 2.05) is 6.92 Å². The second-order valence-corrected chi connectivity index (χ2v) is 6.68. The molecule has 0 atom stereocenters. The fourth-order valence-electron chi connectivity index (χ4n) is 2.59. The highest BCUT2D eigenvalue weighted by Crippen LogP contribution is 2.15. The van der Waals surface area contributed by atoms with Gasteiger partial charge in [0.25, 0.3) is 5.91 Å². The van der Waals surface area contributed by atoms with Crippen molar-refractivity contribution in [3.63, 3.8) is 0 Å². The Morgan fingerprint density at radius 3 is 2.46 bits per heavy atom.